The van der Waals surface area contributed by atoms with Gasteiger partial charge >= 0.3 is 6.18 Å². The largest absolute Gasteiger partial charge is 0.497 e. The fourth-order valence-corrected chi connectivity index (χ4v) is 2.54. The van der Waals surface area contributed by atoms with E-state index in [2.05, 4.69) is 5.32 Å². The summed E-state index contributed by atoms with van der Waals surface area (Å²) in [5.74, 6) is -0.440. The van der Waals surface area contributed by atoms with Crippen LogP contribution in [0.2, 0.25) is 0 Å². The number of benzene rings is 1. The highest BCUT2D eigenvalue weighted by atomic mass is 19.4. The van der Waals surface area contributed by atoms with Gasteiger partial charge in [0.1, 0.15) is 5.75 Å². The van der Waals surface area contributed by atoms with Crippen molar-refractivity contribution in [2.24, 2.45) is 5.92 Å². The summed E-state index contributed by atoms with van der Waals surface area (Å²) < 4.78 is 43.3. The molecule has 2 nitrogen and oxygen atoms in total. The zero-order valence-electron chi connectivity index (χ0n) is 10.8. The summed E-state index contributed by atoms with van der Waals surface area (Å²) in [5, 5.41) is 3.17. The molecule has 1 fully saturated rings. The van der Waals surface area contributed by atoms with Crippen LogP contribution in [0.3, 0.4) is 0 Å². The molecule has 1 aromatic rings. The molecule has 1 aliphatic rings. The Hall–Kier alpha value is -1.23. The first-order valence-electron chi connectivity index (χ1n) is 6.42. The second kappa shape index (κ2) is 5.82. The number of rotatable bonds is 3. The van der Waals surface area contributed by atoms with E-state index in [-0.39, 0.29) is 18.9 Å². The topological polar surface area (TPSA) is 21.3 Å². The highest BCUT2D eigenvalue weighted by Gasteiger charge is 2.41. The predicted octanol–water partition coefficient (Wildman–Crippen LogP) is 3.17. The summed E-state index contributed by atoms with van der Waals surface area (Å²) >= 11 is 0. The molecule has 1 heterocycles. The van der Waals surface area contributed by atoms with E-state index in [1.807, 2.05) is 24.3 Å². The smallest absolute Gasteiger partial charge is 0.391 e. The Balaban J connectivity index is 1.98. The molecule has 106 valence electrons. The first-order chi connectivity index (χ1) is 8.99. The minimum atomic E-state index is -4.07. The van der Waals surface area contributed by atoms with Crippen molar-refractivity contribution in [2.45, 2.75) is 31.5 Å². The van der Waals surface area contributed by atoms with E-state index in [0.29, 0.717) is 13.0 Å². The monoisotopic (exact) mass is 273 g/mol. The third-order valence-corrected chi connectivity index (χ3v) is 3.57. The van der Waals surface area contributed by atoms with Gasteiger partial charge in [0.05, 0.1) is 13.0 Å². The minimum Gasteiger partial charge on any atom is -0.497 e. The lowest BCUT2D eigenvalue weighted by molar-refractivity contribution is -0.183. The maximum Gasteiger partial charge on any atom is 0.391 e. The Kier molecular flexibility index (Phi) is 4.34. The van der Waals surface area contributed by atoms with Gasteiger partial charge < -0.3 is 10.1 Å². The molecule has 1 N–H and O–H groups in total. The van der Waals surface area contributed by atoms with Gasteiger partial charge in [0, 0.05) is 6.04 Å². The van der Waals surface area contributed by atoms with Crippen LogP contribution in [0.15, 0.2) is 24.3 Å². The lowest BCUT2D eigenvalue weighted by Crippen LogP contribution is -2.43. The molecule has 2 atom stereocenters. The fraction of sp³-hybridized carbons (Fsp3) is 0.571. The van der Waals surface area contributed by atoms with E-state index in [1.165, 1.54) is 0 Å². The van der Waals surface area contributed by atoms with Crippen LogP contribution in [0.1, 0.15) is 18.4 Å². The third-order valence-electron chi connectivity index (χ3n) is 3.57. The van der Waals surface area contributed by atoms with Gasteiger partial charge in [0.2, 0.25) is 0 Å². The molecule has 1 aliphatic heterocycles. The molecule has 2 rings (SSSR count). The number of alkyl halides is 3. The van der Waals surface area contributed by atoms with Gasteiger partial charge in [-0.15, -0.1) is 0 Å². The molecule has 2 unspecified atom stereocenters. The summed E-state index contributed by atoms with van der Waals surface area (Å²) in [6.07, 6.45) is -3.14. The van der Waals surface area contributed by atoms with Gasteiger partial charge in [-0.05, 0) is 43.5 Å². The lowest BCUT2D eigenvalue weighted by atomic mass is 9.89. The summed E-state index contributed by atoms with van der Waals surface area (Å²) in [5.41, 5.74) is 1.000. The number of piperidine rings is 1. The Bertz CT molecular complexity index is 419. The number of hydrogen-bond acceptors (Lipinski definition) is 2. The van der Waals surface area contributed by atoms with Gasteiger partial charge in [-0.2, -0.15) is 13.2 Å². The van der Waals surface area contributed by atoms with Crippen LogP contribution in [0, 0.1) is 5.92 Å². The van der Waals surface area contributed by atoms with Crippen molar-refractivity contribution in [1.82, 2.24) is 5.32 Å². The molecule has 0 saturated carbocycles. The van der Waals surface area contributed by atoms with E-state index in [0.717, 1.165) is 11.3 Å². The summed E-state index contributed by atoms with van der Waals surface area (Å²) in [4.78, 5) is 0. The summed E-state index contributed by atoms with van der Waals surface area (Å²) in [6, 6.07) is 7.36. The van der Waals surface area contributed by atoms with Crippen LogP contribution in [0.4, 0.5) is 13.2 Å². The van der Waals surface area contributed by atoms with Crippen molar-refractivity contribution in [1.29, 1.82) is 0 Å². The first kappa shape index (κ1) is 14.2. The molecule has 19 heavy (non-hydrogen) atoms. The Labute approximate surface area is 111 Å². The molecule has 0 aliphatic carbocycles. The number of ether oxygens (including phenoxy) is 1. The van der Waals surface area contributed by atoms with Crippen LogP contribution < -0.4 is 10.1 Å². The average molecular weight is 273 g/mol. The molecule has 0 radical (unpaired) electrons. The summed E-state index contributed by atoms with van der Waals surface area (Å²) in [7, 11) is 1.58. The molecule has 0 amide bonds. The fourth-order valence-electron chi connectivity index (χ4n) is 2.54. The minimum absolute atomic E-state index is 0.118. The molecule has 5 heteroatoms. The van der Waals surface area contributed by atoms with Crippen molar-refractivity contribution in [3.63, 3.8) is 0 Å². The Morgan fingerprint density at radius 3 is 2.84 bits per heavy atom. The normalized spacial score (nSPS) is 24.2. The number of nitrogens with one attached hydrogen (secondary N) is 1. The predicted molar refractivity (Wildman–Crippen MR) is 67.3 cm³/mol. The highest BCUT2D eigenvalue weighted by Crippen LogP contribution is 2.34. The molecular weight excluding hydrogens is 255 g/mol. The molecular formula is C14H18F3NO. The molecule has 0 bridgehead atoms. The van der Waals surface area contributed by atoms with E-state index in [4.69, 9.17) is 4.74 Å². The van der Waals surface area contributed by atoms with Crippen molar-refractivity contribution >= 4 is 0 Å². The van der Waals surface area contributed by atoms with Crippen molar-refractivity contribution in [2.75, 3.05) is 13.7 Å². The van der Waals surface area contributed by atoms with Crippen molar-refractivity contribution in [3.05, 3.63) is 29.8 Å². The number of methoxy groups -OCH3 is 1. The van der Waals surface area contributed by atoms with Gasteiger partial charge in [-0.25, -0.2) is 0 Å². The first-order valence-corrected chi connectivity index (χ1v) is 6.42. The zero-order valence-corrected chi connectivity index (χ0v) is 10.8. The van der Waals surface area contributed by atoms with Crippen LogP contribution in [0.25, 0.3) is 0 Å². The SMILES string of the molecule is COc1cccc(CC2CC(C(F)(F)F)CCN2)c1. The van der Waals surface area contributed by atoms with Crippen molar-refractivity contribution < 1.29 is 17.9 Å². The van der Waals surface area contributed by atoms with E-state index >= 15 is 0 Å². The van der Waals surface area contributed by atoms with E-state index in [1.54, 1.807) is 7.11 Å². The Morgan fingerprint density at radius 2 is 2.16 bits per heavy atom. The maximum atomic E-state index is 12.7. The average Bonchev–Trinajstić information content (AvgIpc) is 2.38. The summed E-state index contributed by atoms with van der Waals surface area (Å²) in [6.45, 7) is 0.429. The second-order valence-electron chi connectivity index (χ2n) is 4.97. The number of halogens is 3. The van der Waals surface area contributed by atoms with E-state index in [9.17, 15) is 13.2 Å². The van der Waals surface area contributed by atoms with E-state index < -0.39 is 12.1 Å². The molecule has 0 aromatic heterocycles. The van der Waals surface area contributed by atoms with Gasteiger partial charge in [0.25, 0.3) is 0 Å². The van der Waals surface area contributed by atoms with Crippen LogP contribution in [-0.2, 0) is 6.42 Å². The quantitative estimate of drug-likeness (QED) is 0.913. The second-order valence-corrected chi connectivity index (χ2v) is 4.97. The van der Waals surface area contributed by atoms with Crippen molar-refractivity contribution in [3.8, 4) is 5.75 Å². The van der Waals surface area contributed by atoms with Gasteiger partial charge in [-0.3, -0.25) is 0 Å². The maximum absolute atomic E-state index is 12.7. The van der Waals surface area contributed by atoms with Crippen LogP contribution in [0.5, 0.6) is 5.75 Å². The molecule has 1 saturated heterocycles. The van der Waals surface area contributed by atoms with Crippen LogP contribution in [-0.4, -0.2) is 25.9 Å². The molecule has 1 aromatic carbocycles. The Morgan fingerprint density at radius 1 is 1.37 bits per heavy atom. The standard InChI is InChI=1S/C14H18F3NO/c1-19-13-4-2-3-10(8-13)7-12-9-11(5-6-18-12)14(15,16)17/h2-4,8,11-12,18H,5-7,9H2,1H3. The lowest BCUT2D eigenvalue weighted by Gasteiger charge is -2.31. The zero-order chi connectivity index (χ0) is 13.9. The van der Waals surface area contributed by atoms with Crippen LogP contribution >= 0.6 is 0 Å². The van der Waals surface area contributed by atoms with Gasteiger partial charge in [0.15, 0.2) is 0 Å². The highest BCUT2D eigenvalue weighted by molar-refractivity contribution is 5.29. The van der Waals surface area contributed by atoms with Gasteiger partial charge in [-0.1, -0.05) is 12.1 Å². The third kappa shape index (κ3) is 3.86. The number of hydrogen-bond donors (Lipinski definition) is 1. The molecule has 0 spiro atoms.